The smallest absolute Gasteiger partial charge is 0.129 e. The first-order chi connectivity index (χ1) is 7.53. The maximum atomic E-state index is 11.0. The van der Waals surface area contributed by atoms with E-state index < -0.39 is 5.41 Å². The average molecular weight is 212 g/mol. The van der Waals surface area contributed by atoms with Gasteiger partial charge in [0.2, 0.25) is 0 Å². The number of aldehydes is 1. The molecule has 0 heterocycles. The number of benzene rings is 2. The van der Waals surface area contributed by atoms with E-state index in [9.17, 15) is 4.79 Å². The molecule has 0 bridgehead atoms. The monoisotopic (exact) mass is 212 g/mol. The van der Waals surface area contributed by atoms with Gasteiger partial charge in [0.15, 0.2) is 0 Å². The van der Waals surface area contributed by atoms with E-state index in [0.29, 0.717) is 0 Å². The van der Waals surface area contributed by atoms with E-state index in [-0.39, 0.29) is 0 Å². The summed E-state index contributed by atoms with van der Waals surface area (Å²) in [6, 6.07) is 12.6. The molecule has 2 aromatic rings. The van der Waals surface area contributed by atoms with Crippen LogP contribution in [0.25, 0.3) is 10.8 Å². The molecule has 0 spiro atoms. The third kappa shape index (κ3) is 1.85. The van der Waals surface area contributed by atoms with Crippen molar-refractivity contribution < 1.29 is 4.79 Å². The van der Waals surface area contributed by atoms with E-state index in [2.05, 4.69) is 37.3 Å². The topological polar surface area (TPSA) is 17.1 Å². The second-order valence-electron chi connectivity index (χ2n) is 4.90. The normalized spacial score (nSPS) is 11.7. The van der Waals surface area contributed by atoms with Crippen LogP contribution >= 0.6 is 0 Å². The highest BCUT2D eigenvalue weighted by molar-refractivity contribution is 5.85. The Hall–Kier alpha value is -1.63. The lowest BCUT2D eigenvalue weighted by atomic mass is 9.85. The van der Waals surface area contributed by atoms with Crippen molar-refractivity contribution in [2.45, 2.75) is 26.2 Å². The van der Waals surface area contributed by atoms with Crippen molar-refractivity contribution in [3.63, 3.8) is 0 Å². The zero-order valence-corrected chi connectivity index (χ0v) is 9.95. The van der Waals surface area contributed by atoms with Gasteiger partial charge < -0.3 is 4.79 Å². The number of carbonyl (C=O) groups excluding carboxylic acids is 1. The summed E-state index contributed by atoms with van der Waals surface area (Å²) in [4.78, 5) is 11.0. The van der Waals surface area contributed by atoms with Gasteiger partial charge in [-0.15, -0.1) is 0 Å². The summed E-state index contributed by atoms with van der Waals surface area (Å²) in [5.74, 6) is 0. The van der Waals surface area contributed by atoms with Gasteiger partial charge in [-0.1, -0.05) is 42.0 Å². The molecule has 16 heavy (non-hydrogen) atoms. The average Bonchev–Trinajstić information content (AvgIpc) is 2.28. The Morgan fingerprint density at radius 3 is 2.38 bits per heavy atom. The maximum Gasteiger partial charge on any atom is 0.129 e. The largest absolute Gasteiger partial charge is 0.302 e. The second-order valence-corrected chi connectivity index (χ2v) is 4.90. The van der Waals surface area contributed by atoms with Crippen LogP contribution in [0.1, 0.15) is 25.0 Å². The van der Waals surface area contributed by atoms with E-state index >= 15 is 0 Å². The first-order valence-corrected chi connectivity index (χ1v) is 5.50. The predicted octanol–water partition coefficient (Wildman–Crippen LogP) is 3.62. The van der Waals surface area contributed by atoms with E-state index in [0.717, 1.165) is 11.8 Å². The Balaban J connectivity index is 2.63. The number of rotatable bonds is 2. The molecular formula is C15H16O. The molecule has 0 saturated carbocycles. The van der Waals surface area contributed by atoms with Crippen LogP contribution in [0.3, 0.4) is 0 Å². The van der Waals surface area contributed by atoms with Gasteiger partial charge in [-0.2, -0.15) is 0 Å². The van der Waals surface area contributed by atoms with Gasteiger partial charge in [-0.25, -0.2) is 0 Å². The lowest BCUT2D eigenvalue weighted by molar-refractivity contribution is -0.111. The summed E-state index contributed by atoms with van der Waals surface area (Å²) in [6.45, 7) is 5.96. The lowest BCUT2D eigenvalue weighted by Crippen LogP contribution is -2.18. The van der Waals surface area contributed by atoms with Crippen LogP contribution in [0, 0.1) is 6.92 Å². The quantitative estimate of drug-likeness (QED) is 0.695. The Morgan fingerprint density at radius 2 is 1.69 bits per heavy atom. The van der Waals surface area contributed by atoms with Crippen molar-refractivity contribution in [2.24, 2.45) is 0 Å². The van der Waals surface area contributed by atoms with Crippen LogP contribution in [0.5, 0.6) is 0 Å². The Bertz CT molecular complexity index is 538. The molecule has 2 rings (SSSR count). The minimum atomic E-state index is -0.405. The van der Waals surface area contributed by atoms with Crippen LogP contribution < -0.4 is 0 Å². The van der Waals surface area contributed by atoms with Crippen LogP contribution in [0.4, 0.5) is 0 Å². The first-order valence-electron chi connectivity index (χ1n) is 5.50. The van der Waals surface area contributed by atoms with Crippen molar-refractivity contribution >= 4 is 17.1 Å². The first kappa shape index (κ1) is 10.9. The van der Waals surface area contributed by atoms with E-state index in [1.165, 1.54) is 16.3 Å². The van der Waals surface area contributed by atoms with E-state index in [4.69, 9.17) is 0 Å². The minimum absolute atomic E-state index is 0.405. The molecular weight excluding hydrogens is 196 g/mol. The second kappa shape index (κ2) is 3.75. The van der Waals surface area contributed by atoms with Crippen LogP contribution in [-0.4, -0.2) is 6.29 Å². The molecule has 0 aliphatic heterocycles. The van der Waals surface area contributed by atoms with Crippen molar-refractivity contribution in [1.82, 2.24) is 0 Å². The highest BCUT2D eigenvalue weighted by Gasteiger charge is 2.19. The summed E-state index contributed by atoms with van der Waals surface area (Å²) in [7, 11) is 0. The third-order valence-electron chi connectivity index (χ3n) is 3.03. The van der Waals surface area contributed by atoms with E-state index in [1.54, 1.807) is 0 Å². The molecule has 2 aromatic carbocycles. The summed E-state index contributed by atoms with van der Waals surface area (Å²) in [6.07, 6.45) is 1.00. The van der Waals surface area contributed by atoms with Crippen LogP contribution in [-0.2, 0) is 10.2 Å². The zero-order valence-electron chi connectivity index (χ0n) is 9.95. The van der Waals surface area contributed by atoms with Crippen LogP contribution in [0.15, 0.2) is 36.4 Å². The number of hydrogen-bond acceptors (Lipinski definition) is 1. The summed E-state index contributed by atoms with van der Waals surface area (Å²) < 4.78 is 0. The van der Waals surface area contributed by atoms with Gasteiger partial charge in [0, 0.05) is 5.41 Å². The Morgan fingerprint density at radius 1 is 1.00 bits per heavy atom. The van der Waals surface area contributed by atoms with Crippen molar-refractivity contribution in [3.05, 3.63) is 47.5 Å². The number of fused-ring (bicyclic) bond motifs is 1. The number of hydrogen-bond donors (Lipinski definition) is 0. The van der Waals surface area contributed by atoms with Gasteiger partial charge in [0.1, 0.15) is 6.29 Å². The molecule has 0 radical (unpaired) electrons. The van der Waals surface area contributed by atoms with Crippen molar-refractivity contribution in [2.75, 3.05) is 0 Å². The van der Waals surface area contributed by atoms with Gasteiger partial charge >= 0.3 is 0 Å². The molecule has 0 aromatic heterocycles. The van der Waals surface area contributed by atoms with Gasteiger partial charge in [-0.3, -0.25) is 0 Å². The highest BCUT2D eigenvalue weighted by Crippen LogP contribution is 2.25. The van der Waals surface area contributed by atoms with E-state index in [1.807, 2.05) is 19.9 Å². The molecule has 0 saturated heterocycles. The Labute approximate surface area is 96.1 Å². The van der Waals surface area contributed by atoms with Gasteiger partial charge in [-0.05, 0) is 37.1 Å². The molecule has 0 aliphatic rings. The molecule has 0 amide bonds. The number of carbonyl (C=O) groups is 1. The Kier molecular flexibility index (Phi) is 2.55. The lowest BCUT2D eigenvalue weighted by Gasteiger charge is -2.17. The van der Waals surface area contributed by atoms with Crippen molar-refractivity contribution in [3.8, 4) is 0 Å². The summed E-state index contributed by atoms with van der Waals surface area (Å²) in [5.41, 5.74) is 1.91. The van der Waals surface area contributed by atoms with Crippen LogP contribution in [0.2, 0.25) is 0 Å². The number of aryl methyl sites for hydroxylation is 1. The molecule has 1 nitrogen and oxygen atoms in total. The fourth-order valence-corrected chi connectivity index (χ4v) is 1.83. The van der Waals surface area contributed by atoms with Gasteiger partial charge in [0.05, 0.1) is 0 Å². The fraction of sp³-hybridized carbons (Fsp3) is 0.267. The van der Waals surface area contributed by atoms with Crippen molar-refractivity contribution in [1.29, 1.82) is 0 Å². The molecule has 0 atom stereocenters. The molecule has 0 fully saturated rings. The SMILES string of the molecule is Cc1ccc2ccc(C(C)(C)C=O)cc2c1. The predicted molar refractivity (Wildman–Crippen MR) is 67.8 cm³/mol. The minimum Gasteiger partial charge on any atom is -0.302 e. The zero-order chi connectivity index (χ0) is 11.8. The molecule has 82 valence electrons. The molecule has 0 N–H and O–H groups in total. The molecule has 0 unspecified atom stereocenters. The standard InChI is InChI=1S/C15H16O/c1-11-4-5-12-6-7-14(9-13(12)8-11)15(2,3)10-16/h4-10H,1-3H3. The third-order valence-corrected chi connectivity index (χ3v) is 3.03. The molecule has 0 aliphatic carbocycles. The van der Waals surface area contributed by atoms with Gasteiger partial charge in [0.25, 0.3) is 0 Å². The molecule has 1 heteroatoms. The summed E-state index contributed by atoms with van der Waals surface area (Å²) >= 11 is 0. The fourth-order valence-electron chi connectivity index (χ4n) is 1.83. The summed E-state index contributed by atoms with van der Waals surface area (Å²) in [5, 5.41) is 2.42. The maximum absolute atomic E-state index is 11.0. The highest BCUT2D eigenvalue weighted by atomic mass is 16.1.